The molecule has 3 aromatic rings. The molecule has 0 atom stereocenters. The van der Waals surface area contributed by atoms with Crippen LogP contribution in [0, 0.1) is 13.8 Å². The topological polar surface area (TPSA) is 79.8 Å². The van der Waals surface area contributed by atoms with Crippen LogP contribution >= 0.6 is 11.3 Å². The van der Waals surface area contributed by atoms with E-state index >= 15 is 0 Å². The van der Waals surface area contributed by atoms with Crippen molar-refractivity contribution in [2.24, 2.45) is 0 Å². The summed E-state index contributed by atoms with van der Waals surface area (Å²) in [7, 11) is 1.52. The number of aryl methyl sites for hydroxylation is 2. The zero-order valence-corrected chi connectivity index (χ0v) is 20.0. The molecule has 0 aliphatic carbocycles. The number of rotatable bonds is 8. The molecule has 1 amide bonds. The summed E-state index contributed by atoms with van der Waals surface area (Å²) in [6.45, 7) is 4.98. The van der Waals surface area contributed by atoms with Gasteiger partial charge < -0.3 is 9.64 Å². The molecule has 0 saturated heterocycles. The quantitative estimate of drug-likeness (QED) is 0.512. The van der Waals surface area contributed by atoms with Gasteiger partial charge in [-0.15, -0.1) is 0 Å². The second-order valence-corrected chi connectivity index (χ2v) is 10.7. The second-order valence-electron chi connectivity index (χ2n) is 7.68. The number of thiazole rings is 1. The van der Waals surface area contributed by atoms with E-state index in [4.69, 9.17) is 4.74 Å². The molecule has 0 aliphatic heterocycles. The van der Waals surface area contributed by atoms with Crippen molar-refractivity contribution in [1.82, 2.24) is 9.88 Å². The van der Waals surface area contributed by atoms with E-state index in [0.29, 0.717) is 24.0 Å². The predicted octanol–water partition coefficient (Wildman–Crippen LogP) is 3.29. The van der Waals surface area contributed by atoms with Gasteiger partial charge in [-0.1, -0.05) is 11.3 Å². The minimum absolute atomic E-state index is 0.0877. The minimum Gasteiger partial charge on any atom is -0.497 e. The molecule has 1 aromatic heterocycles. The number of ether oxygens (including phenoxy) is 1. The molecule has 0 saturated carbocycles. The molecule has 0 bridgehead atoms. The van der Waals surface area contributed by atoms with Crippen molar-refractivity contribution in [3.05, 3.63) is 47.5 Å². The average Bonchev–Trinajstić information content (AvgIpc) is 3.10. The average molecular weight is 462 g/mol. The number of methoxy groups -OCH3 is 1. The molecule has 7 nitrogen and oxygen atoms in total. The molecule has 0 unspecified atom stereocenters. The van der Waals surface area contributed by atoms with Crippen molar-refractivity contribution < 1.29 is 17.9 Å². The number of hydrogen-bond acceptors (Lipinski definition) is 7. The molecule has 0 fully saturated rings. The van der Waals surface area contributed by atoms with Crippen LogP contribution < -0.4 is 9.64 Å². The number of sulfone groups is 1. The first kappa shape index (κ1) is 23.2. The monoisotopic (exact) mass is 461 g/mol. The summed E-state index contributed by atoms with van der Waals surface area (Å²) in [5.74, 6) is -0.566. The van der Waals surface area contributed by atoms with Crippen molar-refractivity contribution in [2.45, 2.75) is 18.7 Å². The van der Waals surface area contributed by atoms with Crippen LogP contribution in [0.3, 0.4) is 0 Å². The Balaban J connectivity index is 1.91. The van der Waals surface area contributed by atoms with E-state index in [0.717, 1.165) is 21.3 Å². The van der Waals surface area contributed by atoms with E-state index < -0.39 is 21.5 Å². The van der Waals surface area contributed by atoms with E-state index in [2.05, 4.69) is 11.1 Å². The van der Waals surface area contributed by atoms with Crippen LogP contribution in [0.4, 0.5) is 5.13 Å². The molecule has 1 heterocycles. The zero-order valence-electron chi connectivity index (χ0n) is 18.4. The van der Waals surface area contributed by atoms with Gasteiger partial charge in [0.25, 0.3) is 0 Å². The Morgan fingerprint density at radius 2 is 1.71 bits per heavy atom. The fourth-order valence-electron chi connectivity index (χ4n) is 3.02. The first-order valence-corrected chi connectivity index (χ1v) is 12.3. The fraction of sp³-hybridized carbons (Fsp3) is 0.364. The molecule has 166 valence electrons. The van der Waals surface area contributed by atoms with Crippen molar-refractivity contribution in [3.8, 4) is 5.75 Å². The molecule has 3 rings (SSSR count). The summed E-state index contributed by atoms with van der Waals surface area (Å²) in [4.78, 5) is 21.3. The second kappa shape index (κ2) is 9.33. The number of amides is 1. The molecule has 9 heteroatoms. The van der Waals surface area contributed by atoms with E-state index in [1.807, 2.05) is 38.9 Å². The zero-order chi connectivity index (χ0) is 22.8. The first-order valence-electron chi connectivity index (χ1n) is 9.80. The highest BCUT2D eigenvalue weighted by Crippen LogP contribution is 2.31. The van der Waals surface area contributed by atoms with Gasteiger partial charge in [0.1, 0.15) is 11.5 Å². The summed E-state index contributed by atoms with van der Waals surface area (Å²) in [5, 5.41) is 0.511. The van der Waals surface area contributed by atoms with Crippen LogP contribution in [0.1, 0.15) is 11.1 Å². The summed E-state index contributed by atoms with van der Waals surface area (Å²) < 4.78 is 31.8. The van der Waals surface area contributed by atoms with Crippen LogP contribution in [0.15, 0.2) is 41.3 Å². The van der Waals surface area contributed by atoms with Gasteiger partial charge >= 0.3 is 0 Å². The Kier molecular flexibility index (Phi) is 6.98. The lowest BCUT2D eigenvalue weighted by atomic mass is 10.1. The summed E-state index contributed by atoms with van der Waals surface area (Å²) in [6, 6.07) is 10.1. The fourth-order valence-corrected chi connectivity index (χ4v) is 5.30. The van der Waals surface area contributed by atoms with Gasteiger partial charge in [0.15, 0.2) is 15.0 Å². The van der Waals surface area contributed by atoms with Crippen LogP contribution in [0.25, 0.3) is 10.2 Å². The molecule has 0 radical (unpaired) electrons. The molecule has 0 spiro atoms. The van der Waals surface area contributed by atoms with Gasteiger partial charge in [0, 0.05) is 13.1 Å². The third kappa shape index (κ3) is 5.41. The van der Waals surface area contributed by atoms with Gasteiger partial charge in [-0.2, -0.15) is 0 Å². The molecular weight excluding hydrogens is 434 g/mol. The Morgan fingerprint density at radius 3 is 2.32 bits per heavy atom. The van der Waals surface area contributed by atoms with Gasteiger partial charge in [-0.3, -0.25) is 9.69 Å². The number of anilines is 1. The van der Waals surface area contributed by atoms with E-state index in [1.165, 1.54) is 35.5 Å². The highest BCUT2D eigenvalue weighted by atomic mass is 32.2. The van der Waals surface area contributed by atoms with Crippen LogP contribution in [0.2, 0.25) is 0 Å². The van der Waals surface area contributed by atoms with Crippen molar-refractivity contribution in [1.29, 1.82) is 0 Å². The lowest BCUT2D eigenvalue weighted by Crippen LogP contribution is -2.40. The maximum absolute atomic E-state index is 13.1. The Bertz CT molecular complexity index is 1150. The summed E-state index contributed by atoms with van der Waals surface area (Å²) in [6.07, 6.45) is 0. The van der Waals surface area contributed by atoms with Gasteiger partial charge in [-0.25, -0.2) is 13.4 Å². The van der Waals surface area contributed by atoms with Crippen molar-refractivity contribution >= 4 is 42.4 Å². The predicted molar refractivity (Wildman–Crippen MR) is 125 cm³/mol. The number of carbonyl (C=O) groups is 1. The molecule has 0 N–H and O–H groups in total. The third-order valence-corrected chi connectivity index (χ3v) is 7.69. The number of carbonyl (C=O) groups excluding carboxylic acids is 1. The lowest BCUT2D eigenvalue weighted by molar-refractivity contribution is -0.116. The van der Waals surface area contributed by atoms with Gasteiger partial charge in [0.05, 0.1) is 22.2 Å². The molecule has 2 aromatic carbocycles. The molecule has 0 aliphatic rings. The smallest absolute Gasteiger partial charge is 0.244 e. The third-order valence-electron chi connectivity index (χ3n) is 5.03. The van der Waals surface area contributed by atoms with Crippen molar-refractivity contribution in [3.63, 3.8) is 0 Å². The van der Waals surface area contributed by atoms with E-state index in [9.17, 15) is 13.2 Å². The minimum atomic E-state index is -3.80. The normalized spacial score (nSPS) is 11.8. The molecule has 31 heavy (non-hydrogen) atoms. The van der Waals surface area contributed by atoms with Crippen LogP contribution in [-0.2, 0) is 14.6 Å². The highest BCUT2D eigenvalue weighted by molar-refractivity contribution is 7.92. The maximum atomic E-state index is 13.1. The Hall–Kier alpha value is -2.49. The summed E-state index contributed by atoms with van der Waals surface area (Å²) in [5.41, 5.74) is 3.08. The largest absolute Gasteiger partial charge is 0.497 e. The SMILES string of the molecule is COc1ccc(S(=O)(=O)CC(=O)N(CCN(C)C)c2nc3cc(C)c(C)cc3s2)cc1. The number of hydrogen-bond donors (Lipinski definition) is 0. The first-order chi connectivity index (χ1) is 14.6. The van der Waals surface area contributed by atoms with Gasteiger partial charge in [0.2, 0.25) is 5.91 Å². The number of nitrogens with zero attached hydrogens (tertiary/aromatic N) is 3. The van der Waals surface area contributed by atoms with Crippen LogP contribution in [-0.4, -0.2) is 64.3 Å². The van der Waals surface area contributed by atoms with E-state index in [1.54, 1.807) is 12.1 Å². The number of likely N-dealkylation sites (N-methyl/N-ethyl adjacent to an activating group) is 1. The number of aromatic nitrogens is 1. The van der Waals surface area contributed by atoms with Crippen LogP contribution in [0.5, 0.6) is 5.75 Å². The Labute approximate surface area is 187 Å². The number of benzene rings is 2. The highest BCUT2D eigenvalue weighted by Gasteiger charge is 2.26. The Morgan fingerprint density at radius 1 is 1.06 bits per heavy atom. The standard InChI is InChI=1S/C22H27N3O4S2/c1-15-12-19-20(13-16(15)2)30-22(23-19)25(11-10-24(3)4)21(26)14-31(27,28)18-8-6-17(29-5)7-9-18/h6-9,12-13H,10-11,14H2,1-5H3. The maximum Gasteiger partial charge on any atom is 0.244 e. The lowest BCUT2D eigenvalue weighted by Gasteiger charge is -2.22. The van der Waals surface area contributed by atoms with E-state index in [-0.39, 0.29) is 4.90 Å². The number of fused-ring (bicyclic) bond motifs is 1. The van der Waals surface area contributed by atoms with Gasteiger partial charge in [-0.05, 0) is 75.5 Å². The molecular formula is C22H27N3O4S2. The van der Waals surface area contributed by atoms with Crippen molar-refractivity contribution in [2.75, 3.05) is 44.9 Å². The summed E-state index contributed by atoms with van der Waals surface area (Å²) >= 11 is 1.40.